The van der Waals surface area contributed by atoms with Crippen LogP contribution in [0, 0.1) is 0 Å². The third-order valence-electron chi connectivity index (χ3n) is 2.13. The van der Waals surface area contributed by atoms with Crippen molar-refractivity contribution in [3.63, 3.8) is 0 Å². The number of hydrogen-bond acceptors (Lipinski definition) is 4. The summed E-state index contributed by atoms with van der Waals surface area (Å²) < 4.78 is 9.96. The van der Waals surface area contributed by atoms with Gasteiger partial charge in [-0.2, -0.15) is 0 Å². The second-order valence-corrected chi connectivity index (χ2v) is 3.76. The zero-order chi connectivity index (χ0) is 12.4. The Bertz CT molecular complexity index is 213. The maximum Gasteiger partial charge on any atom is 0.347 e. The molecule has 0 aromatic heterocycles. The van der Waals surface area contributed by atoms with Gasteiger partial charge < -0.3 is 9.47 Å². The van der Waals surface area contributed by atoms with Crippen molar-refractivity contribution in [2.45, 2.75) is 59.0 Å². The zero-order valence-electron chi connectivity index (χ0n) is 10.5. The predicted octanol–water partition coefficient (Wildman–Crippen LogP) is 2.45. The van der Waals surface area contributed by atoms with Crippen molar-refractivity contribution < 1.29 is 19.1 Å². The van der Waals surface area contributed by atoms with E-state index in [9.17, 15) is 9.59 Å². The standard InChI is InChI=1S/C12H22O4/c1-4-6-8-11(16-10(3)13)12(14)15-9-7-5-2/h11H,4-9H2,1-3H3. The summed E-state index contributed by atoms with van der Waals surface area (Å²) in [6.07, 6.45) is 3.43. The van der Waals surface area contributed by atoms with E-state index in [1.54, 1.807) is 0 Å². The molecule has 0 N–H and O–H groups in total. The molecular formula is C12H22O4. The lowest BCUT2D eigenvalue weighted by atomic mass is 10.1. The Morgan fingerprint density at radius 2 is 1.75 bits per heavy atom. The molecule has 0 spiro atoms. The first-order chi connectivity index (χ1) is 7.61. The molecule has 0 saturated carbocycles. The Morgan fingerprint density at radius 1 is 1.12 bits per heavy atom. The van der Waals surface area contributed by atoms with Crippen LogP contribution in [0.15, 0.2) is 0 Å². The first-order valence-corrected chi connectivity index (χ1v) is 5.95. The molecule has 16 heavy (non-hydrogen) atoms. The van der Waals surface area contributed by atoms with Crippen LogP contribution in [0.4, 0.5) is 0 Å². The Morgan fingerprint density at radius 3 is 2.25 bits per heavy atom. The lowest BCUT2D eigenvalue weighted by Crippen LogP contribution is -2.28. The van der Waals surface area contributed by atoms with Crippen LogP contribution in [0.25, 0.3) is 0 Å². The zero-order valence-corrected chi connectivity index (χ0v) is 10.5. The number of unbranched alkanes of at least 4 members (excludes halogenated alkanes) is 2. The minimum atomic E-state index is -0.727. The van der Waals surface area contributed by atoms with Gasteiger partial charge in [-0.15, -0.1) is 0 Å². The molecule has 1 atom stereocenters. The highest BCUT2D eigenvalue weighted by atomic mass is 16.6. The van der Waals surface area contributed by atoms with E-state index < -0.39 is 18.0 Å². The first kappa shape index (κ1) is 14.9. The molecule has 0 bridgehead atoms. The van der Waals surface area contributed by atoms with E-state index in [0.29, 0.717) is 13.0 Å². The smallest absolute Gasteiger partial charge is 0.347 e. The van der Waals surface area contributed by atoms with Gasteiger partial charge in [-0.1, -0.05) is 26.7 Å². The summed E-state index contributed by atoms with van der Waals surface area (Å²) >= 11 is 0. The number of hydrogen-bond donors (Lipinski definition) is 0. The van der Waals surface area contributed by atoms with Gasteiger partial charge in [-0.25, -0.2) is 4.79 Å². The molecule has 0 radical (unpaired) electrons. The van der Waals surface area contributed by atoms with E-state index in [-0.39, 0.29) is 0 Å². The highest BCUT2D eigenvalue weighted by Crippen LogP contribution is 2.08. The van der Waals surface area contributed by atoms with Crippen molar-refractivity contribution in [2.75, 3.05) is 6.61 Å². The van der Waals surface area contributed by atoms with Gasteiger partial charge in [0.1, 0.15) is 0 Å². The third kappa shape index (κ3) is 7.26. The number of carbonyl (C=O) groups excluding carboxylic acids is 2. The molecule has 0 aliphatic carbocycles. The first-order valence-electron chi connectivity index (χ1n) is 5.95. The molecule has 0 saturated heterocycles. The van der Waals surface area contributed by atoms with Gasteiger partial charge in [0.05, 0.1) is 6.61 Å². The minimum absolute atomic E-state index is 0.402. The monoisotopic (exact) mass is 230 g/mol. The second-order valence-electron chi connectivity index (χ2n) is 3.76. The van der Waals surface area contributed by atoms with Crippen molar-refractivity contribution in [1.82, 2.24) is 0 Å². The van der Waals surface area contributed by atoms with Crippen molar-refractivity contribution in [1.29, 1.82) is 0 Å². The van der Waals surface area contributed by atoms with E-state index in [1.807, 2.05) is 13.8 Å². The van der Waals surface area contributed by atoms with Gasteiger partial charge in [0.2, 0.25) is 0 Å². The highest BCUT2D eigenvalue weighted by molar-refractivity contribution is 5.78. The van der Waals surface area contributed by atoms with Crippen LogP contribution >= 0.6 is 0 Å². The van der Waals surface area contributed by atoms with Gasteiger partial charge in [0.15, 0.2) is 6.10 Å². The Kier molecular flexibility index (Phi) is 8.58. The molecular weight excluding hydrogens is 208 g/mol. The number of carbonyl (C=O) groups is 2. The van der Waals surface area contributed by atoms with Crippen LogP contribution in [-0.4, -0.2) is 24.6 Å². The highest BCUT2D eigenvalue weighted by Gasteiger charge is 2.22. The third-order valence-corrected chi connectivity index (χ3v) is 2.13. The predicted molar refractivity (Wildman–Crippen MR) is 60.9 cm³/mol. The summed E-state index contributed by atoms with van der Waals surface area (Å²) in [5.41, 5.74) is 0. The number of ether oxygens (including phenoxy) is 2. The van der Waals surface area contributed by atoms with Gasteiger partial charge in [-0.05, 0) is 19.3 Å². The van der Waals surface area contributed by atoms with Crippen LogP contribution < -0.4 is 0 Å². The van der Waals surface area contributed by atoms with Crippen molar-refractivity contribution >= 4 is 11.9 Å². The second kappa shape index (κ2) is 9.19. The van der Waals surface area contributed by atoms with Crippen LogP contribution in [0.1, 0.15) is 52.9 Å². The van der Waals surface area contributed by atoms with Crippen molar-refractivity contribution in [3.05, 3.63) is 0 Å². The number of esters is 2. The summed E-state index contributed by atoms with van der Waals surface area (Å²) in [5.74, 6) is -0.856. The molecule has 0 aromatic rings. The summed E-state index contributed by atoms with van der Waals surface area (Å²) in [4.78, 5) is 22.4. The van der Waals surface area contributed by atoms with Crippen LogP contribution in [0.5, 0.6) is 0 Å². The molecule has 0 fully saturated rings. The van der Waals surface area contributed by atoms with Crippen LogP contribution in [0.2, 0.25) is 0 Å². The topological polar surface area (TPSA) is 52.6 Å². The largest absolute Gasteiger partial charge is 0.463 e. The lowest BCUT2D eigenvalue weighted by Gasteiger charge is -2.15. The average molecular weight is 230 g/mol. The molecule has 0 aliphatic heterocycles. The van der Waals surface area contributed by atoms with Gasteiger partial charge in [-0.3, -0.25) is 4.79 Å². The van der Waals surface area contributed by atoms with Gasteiger partial charge in [0, 0.05) is 6.92 Å². The maximum atomic E-state index is 11.6. The molecule has 0 aromatic carbocycles. The Balaban J connectivity index is 4.04. The number of rotatable bonds is 8. The fourth-order valence-corrected chi connectivity index (χ4v) is 1.22. The Labute approximate surface area is 97.3 Å². The molecule has 0 rings (SSSR count). The van der Waals surface area contributed by atoms with E-state index >= 15 is 0 Å². The van der Waals surface area contributed by atoms with Gasteiger partial charge >= 0.3 is 11.9 Å². The summed E-state index contributed by atoms with van der Waals surface area (Å²) in [6.45, 7) is 5.75. The molecule has 0 aliphatic rings. The Hall–Kier alpha value is -1.06. The molecule has 0 amide bonds. The lowest BCUT2D eigenvalue weighted by molar-refractivity contribution is -0.167. The van der Waals surface area contributed by atoms with E-state index in [4.69, 9.17) is 9.47 Å². The molecule has 4 heteroatoms. The molecule has 0 heterocycles. The molecule has 94 valence electrons. The van der Waals surface area contributed by atoms with E-state index in [0.717, 1.165) is 25.7 Å². The summed E-state index contributed by atoms with van der Waals surface area (Å²) in [5, 5.41) is 0. The van der Waals surface area contributed by atoms with Crippen LogP contribution in [0.3, 0.4) is 0 Å². The minimum Gasteiger partial charge on any atom is -0.463 e. The maximum absolute atomic E-state index is 11.6. The molecule has 4 nitrogen and oxygen atoms in total. The van der Waals surface area contributed by atoms with E-state index in [1.165, 1.54) is 6.92 Å². The fraction of sp³-hybridized carbons (Fsp3) is 0.833. The summed E-state index contributed by atoms with van der Waals surface area (Å²) in [7, 11) is 0. The SMILES string of the molecule is CCCCOC(=O)C(CCCC)OC(C)=O. The normalized spacial score (nSPS) is 11.9. The quantitative estimate of drug-likeness (QED) is 0.475. The molecule has 1 unspecified atom stereocenters. The summed E-state index contributed by atoms with van der Waals surface area (Å²) in [6, 6.07) is 0. The van der Waals surface area contributed by atoms with Crippen LogP contribution in [-0.2, 0) is 19.1 Å². The van der Waals surface area contributed by atoms with Gasteiger partial charge in [0.25, 0.3) is 0 Å². The fourth-order valence-electron chi connectivity index (χ4n) is 1.22. The van der Waals surface area contributed by atoms with Crippen molar-refractivity contribution in [3.8, 4) is 0 Å². The average Bonchev–Trinajstić information content (AvgIpc) is 2.23. The van der Waals surface area contributed by atoms with E-state index in [2.05, 4.69) is 0 Å². The van der Waals surface area contributed by atoms with Crippen molar-refractivity contribution in [2.24, 2.45) is 0 Å².